The third-order valence-electron chi connectivity index (χ3n) is 3.09. The largest absolute Gasteiger partial charge is 0.494 e. The van der Waals surface area contributed by atoms with Gasteiger partial charge in [-0.2, -0.15) is 0 Å². The van der Waals surface area contributed by atoms with Gasteiger partial charge in [0.2, 0.25) is 0 Å². The minimum Gasteiger partial charge on any atom is -0.494 e. The summed E-state index contributed by atoms with van der Waals surface area (Å²) in [4.78, 5) is 16.0. The molecule has 0 aliphatic carbocycles. The van der Waals surface area contributed by atoms with Crippen molar-refractivity contribution in [1.82, 2.24) is 4.98 Å². The first-order valence-corrected chi connectivity index (χ1v) is 6.60. The van der Waals surface area contributed by atoms with E-state index in [-0.39, 0.29) is 5.78 Å². The number of aromatic nitrogens is 1. The average molecular weight is 267 g/mol. The third kappa shape index (κ3) is 3.16. The number of ketones is 1. The quantitative estimate of drug-likeness (QED) is 0.472. The van der Waals surface area contributed by atoms with Gasteiger partial charge in [-0.1, -0.05) is 0 Å². The Morgan fingerprint density at radius 3 is 2.90 bits per heavy atom. The van der Waals surface area contributed by atoms with Crippen molar-refractivity contribution in [2.45, 2.75) is 26.7 Å². The molecule has 2 rings (SSSR count). The van der Waals surface area contributed by atoms with Crippen LogP contribution in [0, 0.1) is 19.3 Å². The number of carbonyl (C=O) groups is 1. The number of pyridine rings is 1. The maximum Gasteiger partial charge on any atom is 0.161 e. The zero-order valence-electron chi connectivity index (χ0n) is 11.8. The van der Waals surface area contributed by atoms with Crippen molar-refractivity contribution in [3.05, 3.63) is 35.5 Å². The molecule has 1 aromatic carbocycles. The summed E-state index contributed by atoms with van der Waals surface area (Å²) in [6.07, 6.45) is 6.74. The second-order valence-electron chi connectivity index (χ2n) is 4.69. The number of fused-ring (bicyclic) bond motifs is 1. The number of nitrogens with zero attached hydrogens (tertiary/aromatic N) is 1. The maximum absolute atomic E-state index is 11.5. The van der Waals surface area contributed by atoms with E-state index < -0.39 is 0 Å². The molecule has 0 atom stereocenters. The van der Waals surface area contributed by atoms with Crippen LogP contribution in [0.2, 0.25) is 0 Å². The molecule has 102 valence electrons. The molecule has 0 saturated carbocycles. The van der Waals surface area contributed by atoms with E-state index in [4.69, 9.17) is 11.2 Å². The van der Waals surface area contributed by atoms with Crippen LogP contribution in [0.25, 0.3) is 10.9 Å². The Bertz CT molecular complexity index is 683. The molecule has 0 fully saturated rings. The van der Waals surface area contributed by atoms with Crippen LogP contribution in [0.5, 0.6) is 5.75 Å². The van der Waals surface area contributed by atoms with Crippen molar-refractivity contribution >= 4 is 16.7 Å². The van der Waals surface area contributed by atoms with Gasteiger partial charge < -0.3 is 4.74 Å². The molecule has 3 heteroatoms. The van der Waals surface area contributed by atoms with E-state index in [0.29, 0.717) is 18.6 Å². The number of terminal acetylenes is 1. The van der Waals surface area contributed by atoms with Gasteiger partial charge in [-0.25, -0.2) is 0 Å². The van der Waals surface area contributed by atoms with Crippen LogP contribution in [0.4, 0.5) is 0 Å². The highest BCUT2D eigenvalue weighted by molar-refractivity contribution is 5.98. The molecule has 0 amide bonds. The lowest BCUT2D eigenvalue weighted by Crippen LogP contribution is -2.00. The van der Waals surface area contributed by atoms with Gasteiger partial charge in [0.15, 0.2) is 5.78 Å². The molecule has 2 aromatic rings. The predicted molar refractivity (Wildman–Crippen MR) is 80.0 cm³/mol. The van der Waals surface area contributed by atoms with E-state index in [1.54, 1.807) is 6.92 Å². The highest BCUT2D eigenvalue weighted by Gasteiger charge is 2.08. The fourth-order valence-corrected chi connectivity index (χ4v) is 2.06. The molecule has 1 heterocycles. The molecule has 0 bridgehead atoms. The number of rotatable bonds is 5. The Balaban J connectivity index is 2.26. The molecule has 0 N–H and O–H groups in total. The molecule has 3 nitrogen and oxygen atoms in total. The van der Waals surface area contributed by atoms with Gasteiger partial charge >= 0.3 is 0 Å². The Morgan fingerprint density at radius 1 is 1.40 bits per heavy atom. The van der Waals surface area contributed by atoms with E-state index in [9.17, 15) is 4.79 Å². The lowest BCUT2D eigenvalue weighted by atomic mass is 10.1. The van der Waals surface area contributed by atoms with E-state index in [1.165, 1.54) is 0 Å². The van der Waals surface area contributed by atoms with Crippen molar-refractivity contribution in [2.24, 2.45) is 0 Å². The van der Waals surface area contributed by atoms with Crippen molar-refractivity contribution < 1.29 is 9.53 Å². The number of hydrogen-bond donors (Lipinski definition) is 0. The van der Waals surface area contributed by atoms with Gasteiger partial charge in [0.05, 0.1) is 12.1 Å². The smallest absolute Gasteiger partial charge is 0.161 e. The van der Waals surface area contributed by atoms with Gasteiger partial charge in [-0.3, -0.25) is 9.78 Å². The average Bonchev–Trinajstić information content (AvgIpc) is 2.42. The van der Waals surface area contributed by atoms with E-state index in [2.05, 4.69) is 10.9 Å². The Kier molecular flexibility index (Phi) is 4.37. The highest BCUT2D eigenvalue weighted by atomic mass is 16.5. The summed E-state index contributed by atoms with van der Waals surface area (Å²) in [5, 5.41) is 0.912. The number of hydrogen-bond acceptors (Lipinski definition) is 3. The SMILES string of the molecule is C#CCCCOc1ccc2nc(C)c(C(C)=O)cc2c1. The van der Waals surface area contributed by atoms with Crippen LogP contribution in [0.3, 0.4) is 0 Å². The molecular formula is C17H17NO2. The monoisotopic (exact) mass is 267 g/mol. The first-order valence-electron chi connectivity index (χ1n) is 6.60. The van der Waals surface area contributed by atoms with Crippen LogP contribution in [-0.2, 0) is 0 Å². The van der Waals surface area contributed by atoms with Crippen LogP contribution in [-0.4, -0.2) is 17.4 Å². The van der Waals surface area contributed by atoms with Crippen LogP contribution in [0.1, 0.15) is 35.8 Å². The molecule has 0 spiro atoms. The topological polar surface area (TPSA) is 39.2 Å². The molecular weight excluding hydrogens is 250 g/mol. The van der Waals surface area contributed by atoms with Crippen molar-refractivity contribution in [2.75, 3.05) is 6.61 Å². The van der Waals surface area contributed by atoms with Crippen LogP contribution in [0.15, 0.2) is 24.3 Å². The molecule has 1 aromatic heterocycles. The lowest BCUT2D eigenvalue weighted by Gasteiger charge is -2.08. The van der Waals surface area contributed by atoms with Gasteiger partial charge in [0.1, 0.15) is 5.75 Å². The number of unbranched alkanes of at least 4 members (excludes halogenated alkanes) is 1. The fourth-order valence-electron chi connectivity index (χ4n) is 2.06. The summed E-state index contributed by atoms with van der Waals surface area (Å²) >= 11 is 0. The molecule has 0 aliphatic heterocycles. The number of ether oxygens (including phenoxy) is 1. The van der Waals surface area contributed by atoms with Crippen LogP contribution < -0.4 is 4.74 Å². The van der Waals surface area contributed by atoms with Crippen LogP contribution >= 0.6 is 0 Å². The molecule has 0 saturated heterocycles. The first kappa shape index (κ1) is 14.1. The number of Topliss-reactive ketones (excluding diaryl/α,β-unsaturated/α-hetero) is 1. The second kappa shape index (κ2) is 6.21. The van der Waals surface area contributed by atoms with E-state index in [0.717, 1.165) is 28.8 Å². The normalized spacial score (nSPS) is 10.2. The fraction of sp³-hybridized carbons (Fsp3) is 0.294. The summed E-state index contributed by atoms with van der Waals surface area (Å²) < 4.78 is 5.64. The van der Waals surface area contributed by atoms with E-state index >= 15 is 0 Å². The second-order valence-corrected chi connectivity index (χ2v) is 4.69. The highest BCUT2D eigenvalue weighted by Crippen LogP contribution is 2.22. The summed E-state index contributed by atoms with van der Waals surface area (Å²) in [6.45, 7) is 3.99. The van der Waals surface area contributed by atoms with Crippen molar-refractivity contribution in [3.63, 3.8) is 0 Å². The third-order valence-corrected chi connectivity index (χ3v) is 3.09. The summed E-state index contributed by atoms with van der Waals surface area (Å²) in [5.41, 5.74) is 2.28. The molecule has 0 aliphatic rings. The van der Waals surface area contributed by atoms with Gasteiger partial charge in [0.25, 0.3) is 0 Å². The number of aryl methyl sites for hydroxylation is 1. The standard InChI is InChI=1S/C17H17NO2/c1-4-5-6-9-20-15-7-8-17-14(10-15)11-16(13(3)19)12(2)18-17/h1,7-8,10-11H,5-6,9H2,2-3H3. The molecule has 0 unspecified atom stereocenters. The molecule has 0 radical (unpaired) electrons. The minimum atomic E-state index is 0.0252. The van der Waals surface area contributed by atoms with E-state index in [1.807, 2.05) is 31.2 Å². The number of benzene rings is 1. The van der Waals surface area contributed by atoms with Crippen molar-refractivity contribution in [1.29, 1.82) is 0 Å². The van der Waals surface area contributed by atoms with Gasteiger partial charge in [-0.05, 0) is 44.5 Å². The Morgan fingerprint density at radius 2 is 2.20 bits per heavy atom. The lowest BCUT2D eigenvalue weighted by molar-refractivity contribution is 0.101. The summed E-state index contributed by atoms with van der Waals surface area (Å²) in [5.74, 6) is 3.38. The van der Waals surface area contributed by atoms with Crippen molar-refractivity contribution in [3.8, 4) is 18.1 Å². The van der Waals surface area contributed by atoms with Gasteiger partial charge in [-0.15, -0.1) is 12.3 Å². The number of carbonyl (C=O) groups excluding carboxylic acids is 1. The predicted octanol–water partition coefficient (Wildman–Crippen LogP) is 3.54. The Hall–Kier alpha value is -2.34. The minimum absolute atomic E-state index is 0.0252. The zero-order valence-corrected chi connectivity index (χ0v) is 11.8. The van der Waals surface area contributed by atoms with Gasteiger partial charge in [0, 0.05) is 23.1 Å². The maximum atomic E-state index is 11.5. The molecule has 20 heavy (non-hydrogen) atoms. The summed E-state index contributed by atoms with van der Waals surface area (Å²) in [6, 6.07) is 7.57. The first-order chi connectivity index (χ1) is 9.61. The summed E-state index contributed by atoms with van der Waals surface area (Å²) in [7, 11) is 0. The Labute approximate surface area is 119 Å². The zero-order chi connectivity index (χ0) is 14.5.